The molecule has 0 bridgehead atoms. The maximum absolute atomic E-state index is 15.0. The molecular weight excluding hydrogens is 288 g/mol. The Hall–Kier alpha value is -2.21. The first-order valence-electron chi connectivity index (χ1n) is 6.66. The highest BCUT2D eigenvalue weighted by molar-refractivity contribution is 6.71. The summed E-state index contributed by atoms with van der Waals surface area (Å²) in [5, 5.41) is 10.8. The highest BCUT2D eigenvalue weighted by atomic mass is 19.1. The maximum atomic E-state index is 15.0. The number of amides is 1. The fraction of sp³-hybridized carbons (Fsp3) is 0.143. The van der Waals surface area contributed by atoms with E-state index in [4.69, 9.17) is 7.85 Å². The highest BCUT2D eigenvalue weighted by Gasteiger charge is 2.61. The summed E-state index contributed by atoms with van der Waals surface area (Å²) in [5.74, 6) is -1.27. The van der Waals surface area contributed by atoms with Gasteiger partial charge in [-0.3, -0.25) is 9.78 Å². The van der Waals surface area contributed by atoms with Crippen molar-refractivity contribution in [3.63, 3.8) is 0 Å². The summed E-state index contributed by atoms with van der Waals surface area (Å²) in [6, 6.07) is 5.34. The molecule has 1 amide bonds. The van der Waals surface area contributed by atoms with E-state index in [9.17, 15) is 14.3 Å². The largest absolute Gasteiger partial charge is 0.444 e. The highest BCUT2D eigenvalue weighted by Crippen LogP contribution is 2.41. The van der Waals surface area contributed by atoms with Crippen LogP contribution in [0.2, 0.25) is 0 Å². The topological polar surface area (TPSA) is 53.4 Å². The molecule has 0 saturated carbocycles. The van der Waals surface area contributed by atoms with E-state index in [0.717, 1.165) is 11.0 Å². The predicted octanol–water partition coefficient (Wildman–Crippen LogP) is -0.464. The summed E-state index contributed by atoms with van der Waals surface area (Å²) in [6.07, 6.45) is 1.37. The Kier molecular flexibility index (Phi) is 2.55. The van der Waals surface area contributed by atoms with Crippen LogP contribution in [0.3, 0.4) is 0 Å². The van der Waals surface area contributed by atoms with Crippen molar-refractivity contribution in [1.29, 1.82) is 0 Å². The van der Waals surface area contributed by atoms with Crippen molar-refractivity contribution in [2.45, 2.75) is 12.2 Å². The Bertz CT molecular complexity index is 832. The molecule has 22 heavy (non-hydrogen) atoms. The van der Waals surface area contributed by atoms with Crippen LogP contribution in [-0.2, 0) is 12.2 Å². The Morgan fingerprint density at radius 3 is 3.00 bits per heavy atom. The average molecular weight is 296 g/mol. The molecule has 1 unspecified atom stereocenters. The number of hydrogen-bond acceptors (Lipinski definition) is 3. The van der Waals surface area contributed by atoms with Crippen molar-refractivity contribution in [2.75, 3.05) is 0 Å². The maximum Gasteiger partial charge on any atom is 0.444 e. The van der Waals surface area contributed by atoms with Crippen molar-refractivity contribution in [3.8, 4) is 0 Å². The first-order chi connectivity index (χ1) is 10.4. The predicted molar refractivity (Wildman–Crippen MR) is 76.3 cm³/mol. The van der Waals surface area contributed by atoms with E-state index in [1.807, 2.05) is 0 Å². The van der Waals surface area contributed by atoms with Crippen molar-refractivity contribution in [1.82, 2.24) is 9.88 Å². The molecule has 3 heterocycles. The molecule has 1 aromatic heterocycles. The summed E-state index contributed by atoms with van der Waals surface area (Å²) in [5.41, 5.74) is -2.15. The Labute approximate surface area is 126 Å². The summed E-state index contributed by atoms with van der Waals surface area (Å²) in [4.78, 5) is 17.3. The first-order valence-corrected chi connectivity index (χ1v) is 6.66. The molecule has 1 N–H and O–H groups in total. The summed E-state index contributed by atoms with van der Waals surface area (Å²) < 4.78 is 29.1. The molecule has 1 atom stereocenters. The fourth-order valence-corrected chi connectivity index (χ4v) is 3.20. The average Bonchev–Trinajstić information content (AvgIpc) is 2.72. The number of nitrogens with zero attached hydrogens (tertiary/aromatic N) is 2. The van der Waals surface area contributed by atoms with Gasteiger partial charge in [-0.1, -0.05) is 11.5 Å². The zero-order chi connectivity index (χ0) is 15.6. The third kappa shape index (κ3) is 1.45. The van der Waals surface area contributed by atoms with Crippen LogP contribution in [0, 0.1) is 5.82 Å². The number of hydrogen-bond donors (Lipinski definition) is 1. The summed E-state index contributed by atoms with van der Waals surface area (Å²) in [6.45, 7) is -2.28. The van der Waals surface area contributed by atoms with Gasteiger partial charge in [0.05, 0.1) is 12.1 Å². The molecule has 2 aromatic rings. The molecule has 4 rings (SSSR count). The number of halogens is 2. The second-order valence-corrected chi connectivity index (χ2v) is 5.45. The second-order valence-electron chi connectivity index (χ2n) is 5.45. The molecule has 2 radical (unpaired) electrons. The van der Waals surface area contributed by atoms with Crippen molar-refractivity contribution in [3.05, 3.63) is 53.1 Å². The molecule has 0 spiro atoms. The third-order valence-electron chi connectivity index (χ3n) is 4.24. The molecule has 2 aliphatic rings. The molecule has 0 fully saturated rings. The molecule has 0 aliphatic carbocycles. The van der Waals surface area contributed by atoms with Crippen LogP contribution in [0.15, 0.2) is 30.5 Å². The van der Waals surface area contributed by atoms with Crippen LogP contribution >= 0.6 is 0 Å². The lowest BCUT2D eigenvalue weighted by Gasteiger charge is -2.39. The van der Waals surface area contributed by atoms with Gasteiger partial charge in [-0.2, -0.15) is 0 Å². The van der Waals surface area contributed by atoms with Gasteiger partial charge in [0.1, 0.15) is 19.4 Å². The van der Waals surface area contributed by atoms with Gasteiger partial charge in [-0.15, -0.1) is 0 Å². The quantitative estimate of drug-likeness (QED) is 0.669. The molecular formula is C14H8B2F2N2O2. The van der Waals surface area contributed by atoms with E-state index in [0.29, 0.717) is 0 Å². The number of benzene rings is 1. The smallest absolute Gasteiger partial charge is 0.369 e. The lowest BCUT2D eigenvalue weighted by Crippen LogP contribution is -2.62. The van der Waals surface area contributed by atoms with E-state index < -0.39 is 24.3 Å². The number of aliphatic hydroxyl groups is 1. The Balaban J connectivity index is 1.99. The number of rotatable bonds is 0. The number of aromatic nitrogens is 1. The van der Waals surface area contributed by atoms with Crippen LogP contribution < -0.4 is 10.9 Å². The molecule has 4 nitrogen and oxygen atoms in total. The first kappa shape index (κ1) is 13.5. The van der Waals surface area contributed by atoms with Gasteiger partial charge < -0.3 is 14.3 Å². The lowest BCUT2D eigenvalue weighted by molar-refractivity contribution is -0.0352. The molecule has 2 aliphatic heterocycles. The number of pyridine rings is 1. The van der Waals surface area contributed by atoms with Crippen molar-refractivity contribution in [2.24, 2.45) is 0 Å². The van der Waals surface area contributed by atoms with Crippen LogP contribution in [-0.4, -0.2) is 35.7 Å². The fourth-order valence-electron chi connectivity index (χ4n) is 3.20. The minimum absolute atomic E-state index is 0.0209. The molecule has 106 valence electrons. The standard InChI is InChI=1S/C14H8B2F2N2O2/c15-7-4-10-9(11(17)5-7)6-20-13(21)8-2-1-3-19-12(8)14(20,22)16(10)18/h1-5,22H,6H2. The van der Waals surface area contributed by atoms with E-state index in [1.54, 1.807) is 0 Å². The van der Waals surface area contributed by atoms with Gasteiger partial charge in [0.25, 0.3) is 5.91 Å². The van der Waals surface area contributed by atoms with Gasteiger partial charge in [-0.05, 0) is 23.7 Å². The SMILES string of the molecule is [B]c1cc(F)c2c(c1)B(F)C1(O)c3ncccc3C(=O)N1C2. The molecule has 0 saturated heterocycles. The lowest BCUT2D eigenvalue weighted by atomic mass is 9.50. The van der Waals surface area contributed by atoms with Crippen LogP contribution in [0.1, 0.15) is 21.6 Å². The monoisotopic (exact) mass is 296 g/mol. The summed E-state index contributed by atoms with van der Waals surface area (Å²) >= 11 is 0. The number of fused-ring (bicyclic) bond motifs is 4. The van der Waals surface area contributed by atoms with Crippen LogP contribution in [0.4, 0.5) is 8.71 Å². The van der Waals surface area contributed by atoms with Crippen molar-refractivity contribution >= 4 is 31.7 Å². The zero-order valence-electron chi connectivity index (χ0n) is 11.3. The van der Waals surface area contributed by atoms with Gasteiger partial charge >= 0.3 is 6.99 Å². The number of carbonyl (C=O) groups is 1. The van der Waals surface area contributed by atoms with Gasteiger partial charge in [0.15, 0.2) is 5.62 Å². The summed E-state index contributed by atoms with van der Waals surface area (Å²) in [7, 11) is 5.56. The second kappa shape index (κ2) is 4.16. The number of carbonyl (C=O) groups excluding carboxylic acids is 1. The van der Waals surface area contributed by atoms with E-state index in [2.05, 4.69) is 4.98 Å². The van der Waals surface area contributed by atoms with Crippen LogP contribution in [0.5, 0.6) is 0 Å². The van der Waals surface area contributed by atoms with Gasteiger partial charge in [0, 0.05) is 11.8 Å². The zero-order valence-corrected chi connectivity index (χ0v) is 11.3. The minimum Gasteiger partial charge on any atom is -0.369 e. The Morgan fingerprint density at radius 1 is 1.45 bits per heavy atom. The van der Waals surface area contributed by atoms with E-state index in [1.165, 1.54) is 24.4 Å². The third-order valence-corrected chi connectivity index (χ3v) is 4.24. The van der Waals surface area contributed by atoms with Crippen LogP contribution in [0.25, 0.3) is 0 Å². The van der Waals surface area contributed by atoms with E-state index >= 15 is 4.32 Å². The minimum atomic E-state index is -2.24. The molecule has 1 aromatic carbocycles. The normalized spacial score (nSPS) is 22.4. The van der Waals surface area contributed by atoms with Crippen molar-refractivity contribution < 1.29 is 18.6 Å². The molecule has 8 heteroatoms. The van der Waals surface area contributed by atoms with E-state index in [-0.39, 0.29) is 34.3 Å². The van der Waals surface area contributed by atoms with Gasteiger partial charge in [0.2, 0.25) is 0 Å². The Morgan fingerprint density at radius 2 is 2.23 bits per heavy atom. The van der Waals surface area contributed by atoms with Gasteiger partial charge in [-0.25, -0.2) is 4.39 Å².